The average molecular weight is 261 g/mol. The minimum Gasteiger partial charge on any atom is -0.306 e. The molecule has 0 aliphatic carbocycles. The molecular weight excluding hydrogens is 244 g/mol. The molecule has 0 spiro atoms. The molecule has 19 heavy (non-hydrogen) atoms. The van der Waals surface area contributed by atoms with Crippen molar-refractivity contribution in [2.45, 2.75) is 26.4 Å². The summed E-state index contributed by atoms with van der Waals surface area (Å²) in [5.41, 5.74) is 3.00. The van der Waals surface area contributed by atoms with Gasteiger partial charge < -0.3 is 5.32 Å². The molecule has 0 amide bonds. The maximum absolute atomic E-state index is 13.2. The Morgan fingerprint density at radius 2 is 1.63 bits per heavy atom. The first kappa shape index (κ1) is 13.7. The monoisotopic (exact) mass is 261 g/mol. The third-order valence-corrected chi connectivity index (χ3v) is 3.28. The van der Waals surface area contributed by atoms with Gasteiger partial charge in [-0.1, -0.05) is 18.2 Å². The lowest BCUT2D eigenvalue weighted by atomic mass is 10.1. The Morgan fingerprint density at radius 1 is 1.00 bits per heavy atom. The lowest BCUT2D eigenvalue weighted by Crippen LogP contribution is -2.18. The summed E-state index contributed by atoms with van der Waals surface area (Å²) in [7, 11) is 0. The lowest BCUT2D eigenvalue weighted by Gasteiger charge is -2.15. The van der Waals surface area contributed by atoms with Crippen LogP contribution in [-0.2, 0) is 6.54 Å². The number of rotatable bonds is 4. The van der Waals surface area contributed by atoms with Gasteiger partial charge in [0.15, 0.2) is 0 Å². The highest BCUT2D eigenvalue weighted by Crippen LogP contribution is 2.15. The molecule has 2 aromatic carbocycles. The highest BCUT2D eigenvalue weighted by atomic mass is 19.1. The zero-order valence-corrected chi connectivity index (χ0v) is 11.1. The van der Waals surface area contributed by atoms with E-state index in [1.165, 1.54) is 18.2 Å². The molecule has 2 aromatic rings. The Balaban J connectivity index is 2.02. The number of aryl methyl sites for hydroxylation is 1. The fraction of sp³-hybridized carbons (Fsp3) is 0.250. The standard InChI is InChI=1S/C16H17F2N/c1-11-3-6-16(18)9-14(11)10-19-12(2)13-4-7-15(17)8-5-13/h3-9,12,19H,10H2,1-2H3/t12-/m1/s1. The van der Waals surface area contributed by atoms with Crippen LogP contribution in [-0.4, -0.2) is 0 Å². The minimum absolute atomic E-state index is 0.0864. The quantitative estimate of drug-likeness (QED) is 0.872. The molecule has 0 radical (unpaired) electrons. The number of benzene rings is 2. The molecule has 0 aromatic heterocycles. The van der Waals surface area contributed by atoms with Crippen molar-refractivity contribution in [2.75, 3.05) is 0 Å². The second kappa shape index (κ2) is 5.93. The number of hydrogen-bond acceptors (Lipinski definition) is 1. The Morgan fingerprint density at radius 3 is 2.32 bits per heavy atom. The average Bonchev–Trinajstić information content (AvgIpc) is 2.40. The van der Waals surface area contributed by atoms with Crippen LogP contribution in [0, 0.1) is 18.6 Å². The van der Waals surface area contributed by atoms with Crippen LogP contribution in [0.1, 0.15) is 29.7 Å². The molecule has 1 nitrogen and oxygen atoms in total. The summed E-state index contributed by atoms with van der Waals surface area (Å²) in [4.78, 5) is 0. The Labute approximate surface area is 112 Å². The van der Waals surface area contributed by atoms with Gasteiger partial charge in [0.05, 0.1) is 0 Å². The molecule has 2 rings (SSSR count). The zero-order valence-electron chi connectivity index (χ0n) is 11.1. The summed E-state index contributed by atoms with van der Waals surface area (Å²) in [6, 6.07) is 11.3. The molecule has 100 valence electrons. The van der Waals surface area contributed by atoms with Gasteiger partial charge in [0.1, 0.15) is 11.6 Å². The van der Waals surface area contributed by atoms with Crippen molar-refractivity contribution in [3.8, 4) is 0 Å². The van der Waals surface area contributed by atoms with Gasteiger partial charge in [-0.3, -0.25) is 0 Å². The van der Waals surface area contributed by atoms with E-state index < -0.39 is 0 Å². The Kier molecular flexibility index (Phi) is 4.27. The third-order valence-electron chi connectivity index (χ3n) is 3.28. The lowest BCUT2D eigenvalue weighted by molar-refractivity contribution is 0.565. The van der Waals surface area contributed by atoms with Gasteiger partial charge in [-0.2, -0.15) is 0 Å². The largest absolute Gasteiger partial charge is 0.306 e. The highest BCUT2D eigenvalue weighted by Gasteiger charge is 2.06. The maximum atomic E-state index is 13.2. The SMILES string of the molecule is Cc1ccc(F)cc1CN[C@H](C)c1ccc(F)cc1. The summed E-state index contributed by atoms with van der Waals surface area (Å²) in [6.45, 7) is 4.54. The fourth-order valence-electron chi connectivity index (χ4n) is 1.96. The summed E-state index contributed by atoms with van der Waals surface area (Å²) < 4.78 is 26.0. The molecule has 0 aliphatic rings. The molecule has 0 bridgehead atoms. The van der Waals surface area contributed by atoms with E-state index >= 15 is 0 Å². The van der Waals surface area contributed by atoms with Crippen LogP contribution in [0.3, 0.4) is 0 Å². The third kappa shape index (κ3) is 3.61. The van der Waals surface area contributed by atoms with Gasteiger partial charge in [-0.15, -0.1) is 0 Å². The van der Waals surface area contributed by atoms with Crippen LogP contribution >= 0.6 is 0 Å². The molecule has 1 atom stereocenters. The molecule has 0 aliphatic heterocycles. The number of nitrogens with one attached hydrogen (secondary N) is 1. The normalized spacial score (nSPS) is 12.4. The van der Waals surface area contributed by atoms with E-state index in [-0.39, 0.29) is 17.7 Å². The minimum atomic E-state index is -0.239. The van der Waals surface area contributed by atoms with Crippen LogP contribution in [0.5, 0.6) is 0 Å². The molecule has 0 saturated heterocycles. The molecule has 0 heterocycles. The van der Waals surface area contributed by atoms with Crippen molar-refractivity contribution in [1.29, 1.82) is 0 Å². The highest BCUT2D eigenvalue weighted by molar-refractivity contribution is 5.27. The molecule has 0 unspecified atom stereocenters. The molecule has 3 heteroatoms. The van der Waals surface area contributed by atoms with Crippen LogP contribution < -0.4 is 5.32 Å². The van der Waals surface area contributed by atoms with Crippen molar-refractivity contribution in [2.24, 2.45) is 0 Å². The second-order valence-corrected chi connectivity index (χ2v) is 4.72. The smallest absolute Gasteiger partial charge is 0.123 e. The van der Waals surface area contributed by atoms with Gasteiger partial charge in [0.25, 0.3) is 0 Å². The van der Waals surface area contributed by atoms with Crippen molar-refractivity contribution >= 4 is 0 Å². The van der Waals surface area contributed by atoms with E-state index in [4.69, 9.17) is 0 Å². The van der Waals surface area contributed by atoms with Crippen LogP contribution in [0.15, 0.2) is 42.5 Å². The van der Waals surface area contributed by atoms with Crippen molar-refractivity contribution < 1.29 is 8.78 Å². The maximum Gasteiger partial charge on any atom is 0.123 e. The summed E-state index contributed by atoms with van der Waals surface area (Å²) >= 11 is 0. The predicted octanol–water partition coefficient (Wildman–Crippen LogP) is 4.12. The molecule has 0 saturated carbocycles. The fourth-order valence-corrected chi connectivity index (χ4v) is 1.96. The Hall–Kier alpha value is -1.74. The van der Waals surface area contributed by atoms with Crippen molar-refractivity contribution in [1.82, 2.24) is 5.32 Å². The first-order valence-electron chi connectivity index (χ1n) is 6.30. The van der Waals surface area contributed by atoms with E-state index in [0.717, 1.165) is 16.7 Å². The van der Waals surface area contributed by atoms with Crippen LogP contribution in [0.2, 0.25) is 0 Å². The van der Waals surface area contributed by atoms with Gasteiger partial charge in [-0.25, -0.2) is 8.78 Å². The summed E-state index contributed by atoms with van der Waals surface area (Å²) in [5.74, 6) is -0.464. The number of halogens is 2. The second-order valence-electron chi connectivity index (χ2n) is 4.72. The van der Waals surface area contributed by atoms with E-state index in [1.807, 2.05) is 13.8 Å². The topological polar surface area (TPSA) is 12.0 Å². The first-order chi connectivity index (χ1) is 9.06. The summed E-state index contributed by atoms with van der Waals surface area (Å²) in [5, 5.41) is 3.31. The molecule has 1 N–H and O–H groups in total. The Bertz CT molecular complexity index is 549. The summed E-state index contributed by atoms with van der Waals surface area (Å²) in [6.07, 6.45) is 0. The number of hydrogen-bond donors (Lipinski definition) is 1. The van der Waals surface area contributed by atoms with Crippen LogP contribution in [0.4, 0.5) is 8.78 Å². The van der Waals surface area contributed by atoms with E-state index in [2.05, 4.69) is 5.32 Å². The predicted molar refractivity (Wildman–Crippen MR) is 72.8 cm³/mol. The van der Waals surface area contributed by atoms with Gasteiger partial charge in [0, 0.05) is 12.6 Å². The van der Waals surface area contributed by atoms with Gasteiger partial charge in [0.2, 0.25) is 0 Å². The van der Waals surface area contributed by atoms with Crippen LogP contribution in [0.25, 0.3) is 0 Å². The van der Waals surface area contributed by atoms with E-state index in [9.17, 15) is 8.78 Å². The van der Waals surface area contributed by atoms with Crippen molar-refractivity contribution in [3.05, 3.63) is 70.8 Å². The first-order valence-corrected chi connectivity index (χ1v) is 6.30. The van der Waals surface area contributed by atoms with Crippen molar-refractivity contribution in [3.63, 3.8) is 0 Å². The molecular formula is C16H17F2N. The van der Waals surface area contributed by atoms with Gasteiger partial charge in [-0.05, 0) is 54.8 Å². The zero-order chi connectivity index (χ0) is 13.8. The van der Waals surface area contributed by atoms with Gasteiger partial charge >= 0.3 is 0 Å². The van der Waals surface area contributed by atoms with E-state index in [0.29, 0.717) is 6.54 Å². The molecule has 0 fully saturated rings. The van der Waals surface area contributed by atoms with E-state index in [1.54, 1.807) is 24.3 Å².